The molecule has 0 heterocycles. The molecule has 1 unspecified atom stereocenters. The zero-order valence-corrected chi connectivity index (χ0v) is 10.9. The zero-order valence-electron chi connectivity index (χ0n) is 10.9. The van der Waals surface area contributed by atoms with Crippen LogP contribution in [0, 0.1) is 5.92 Å². The number of rotatable bonds is 8. The van der Waals surface area contributed by atoms with Crippen LogP contribution >= 0.6 is 0 Å². The van der Waals surface area contributed by atoms with Gasteiger partial charge in [-0.1, -0.05) is 19.0 Å². The van der Waals surface area contributed by atoms with Gasteiger partial charge in [0.1, 0.15) is 0 Å². The predicted octanol–water partition coefficient (Wildman–Crippen LogP) is 0.217. The molecular weight excluding hydrogens is 220 g/mol. The molecule has 6 heteroatoms. The predicted molar refractivity (Wildman–Crippen MR) is 68.0 cm³/mol. The molecule has 0 aliphatic carbocycles. The Morgan fingerprint density at radius 1 is 1.47 bits per heavy atom. The average molecular weight is 244 g/mol. The molecule has 0 aliphatic heterocycles. The first kappa shape index (κ1) is 15.7. The van der Waals surface area contributed by atoms with Crippen LogP contribution in [0.3, 0.4) is 0 Å². The normalized spacial score (nSPS) is 13.8. The van der Waals surface area contributed by atoms with E-state index in [9.17, 15) is 4.79 Å². The molecule has 0 radical (unpaired) electrons. The van der Waals surface area contributed by atoms with Gasteiger partial charge in [-0.25, -0.2) is 0 Å². The van der Waals surface area contributed by atoms with Crippen LogP contribution in [0.4, 0.5) is 0 Å². The SMILES string of the molecule is CCCN(CC)CCNC(=O)C(C)C(N)=NO. The van der Waals surface area contributed by atoms with E-state index in [1.165, 1.54) is 0 Å². The van der Waals surface area contributed by atoms with Gasteiger partial charge in [-0.2, -0.15) is 0 Å². The summed E-state index contributed by atoms with van der Waals surface area (Å²) in [5.74, 6) is -0.877. The fourth-order valence-corrected chi connectivity index (χ4v) is 1.46. The number of carbonyl (C=O) groups excluding carboxylic acids is 1. The maximum atomic E-state index is 11.6. The second-order valence-electron chi connectivity index (χ2n) is 3.97. The van der Waals surface area contributed by atoms with Crippen LogP contribution in [0.25, 0.3) is 0 Å². The maximum Gasteiger partial charge on any atom is 0.230 e. The Morgan fingerprint density at radius 3 is 2.59 bits per heavy atom. The van der Waals surface area contributed by atoms with E-state index in [-0.39, 0.29) is 11.7 Å². The summed E-state index contributed by atoms with van der Waals surface area (Å²) < 4.78 is 0. The van der Waals surface area contributed by atoms with Crippen molar-refractivity contribution in [2.75, 3.05) is 26.2 Å². The molecule has 0 saturated carbocycles. The molecule has 0 aromatic rings. The molecule has 0 saturated heterocycles. The van der Waals surface area contributed by atoms with Crippen molar-refractivity contribution in [2.45, 2.75) is 27.2 Å². The molecule has 1 amide bonds. The highest BCUT2D eigenvalue weighted by molar-refractivity contribution is 6.01. The monoisotopic (exact) mass is 244 g/mol. The maximum absolute atomic E-state index is 11.6. The highest BCUT2D eigenvalue weighted by atomic mass is 16.4. The first-order valence-electron chi connectivity index (χ1n) is 6.04. The fraction of sp³-hybridized carbons (Fsp3) is 0.818. The summed E-state index contributed by atoms with van der Waals surface area (Å²) in [5, 5.41) is 14.0. The number of nitrogens with one attached hydrogen (secondary N) is 1. The van der Waals surface area contributed by atoms with Crippen LogP contribution in [0.2, 0.25) is 0 Å². The van der Waals surface area contributed by atoms with Crippen molar-refractivity contribution in [3.05, 3.63) is 0 Å². The van der Waals surface area contributed by atoms with Crippen molar-refractivity contribution in [1.29, 1.82) is 0 Å². The minimum absolute atomic E-state index is 0.0663. The minimum Gasteiger partial charge on any atom is -0.409 e. The van der Waals surface area contributed by atoms with Gasteiger partial charge in [0, 0.05) is 13.1 Å². The van der Waals surface area contributed by atoms with Gasteiger partial charge in [0.05, 0.1) is 5.92 Å². The molecule has 0 bridgehead atoms. The van der Waals surface area contributed by atoms with Crippen LogP contribution < -0.4 is 11.1 Å². The van der Waals surface area contributed by atoms with Crippen molar-refractivity contribution in [3.63, 3.8) is 0 Å². The fourth-order valence-electron chi connectivity index (χ4n) is 1.46. The number of amides is 1. The topological polar surface area (TPSA) is 91.0 Å². The number of oxime groups is 1. The Kier molecular flexibility index (Phi) is 8.13. The summed E-state index contributed by atoms with van der Waals surface area (Å²) >= 11 is 0. The van der Waals surface area contributed by atoms with E-state index >= 15 is 0 Å². The van der Waals surface area contributed by atoms with Crippen molar-refractivity contribution in [1.82, 2.24) is 10.2 Å². The number of amidine groups is 1. The largest absolute Gasteiger partial charge is 0.409 e. The lowest BCUT2D eigenvalue weighted by atomic mass is 10.1. The lowest BCUT2D eigenvalue weighted by Crippen LogP contribution is -2.41. The third-order valence-electron chi connectivity index (χ3n) is 2.67. The molecule has 0 aliphatic rings. The number of carbonyl (C=O) groups is 1. The quantitative estimate of drug-likeness (QED) is 0.246. The summed E-state index contributed by atoms with van der Waals surface area (Å²) in [6, 6.07) is 0. The molecule has 0 spiro atoms. The standard InChI is InChI=1S/C11H24N4O2/c1-4-7-15(5-2)8-6-13-11(16)9(3)10(12)14-17/h9,17H,4-8H2,1-3H3,(H2,12,14)(H,13,16). The zero-order chi connectivity index (χ0) is 13.3. The Balaban J connectivity index is 3.92. The molecule has 4 N–H and O–H groups in total. The molecule has 0 aromatic heterocycles. The van der Waals surface area contributed by atoms with Crippen LogP contribution in [0.1, 0.15) is 27.2 Å². The van der Waals surface area contributed by atoms with Gasteiger partial charge < -0.3 is 21.2 Å². The molecular formula is C11H24N4O2. The van der Waals surface area contributed by atoms with Crippen LogP contribution in [0.15, 0.2) is 5.16 Å². The third kappa shape index (κ3) is 6.11. The van der Waals surface area contributed by atoms with E-state index in [0.717, 1.165) is 26.1 Å². The number of hydrogen-bond donors (Lipinski definition) is 3. The van der Waals surface area contributed by atoms with Gasteiger partial charge in [-0.3, -0.25) is 4.79 Å². The highest BCUT2D eigenvalue weighted by Gasteiger charge is 2.16. The minimum atomic E-state index is -0.596. The van der Waals surface area contributed by atoms with Gasteiger partial charge in [-0.15, -0.1) is 0 Å². The summed E-state index contributed by atoms with van der Waals surface area (Å²) in [7, 11) is 0. The molecule has 17 heavy (non-hydrogen) atoms. The Hall–Kier alpha value is -1.30. The van der Waals surface area contributed by atoms with Crippen molar-refractivity contribution in [2.24, 2.45) is 16.8 Å². The van der Waals surface area contributed by atoms with Crippen molar-refractivity contribution in [3.8, 4) is 0 Å². The van der Waals surface area contributed by atoms with E-state index in [1.807, 2.05) is 0 Å². The Bertz CT molecular complexity index is 256. The number of nitrogens with two attached hydrogens (primary N) is 1. The smallest absolute Gasteiger partial charge is 0.230 e. The summed E-state index contributed by atoms with van der Waals surface area (Å²) in [4.78, 5) is 13.8. The van der Waals surface area contributed by atoms with E-state index in [2.05, 4.69) is 29.2 Å². The summed E-state index contributed by atoms with van der Waals surface area (Å²) in [6.45, 7) is 9.22. The third-order valence-corrected chi connectivity index (χ3v) is 2.67. The van der Waals surface area contributed by atoms with E-state index in [0.29, 0.717) is 6.54 Å². The Labute approximate surface area is 103 Å². The molecule has 6 nitrogen and oxygen atoms in total. The number of likely N-dealkylation sites (N-methyl/N-ethyl adjacent to an activating group) is 1. The number of nitrogens with zero attached hydrogens (tertiary/aromatic N) is 2. The molecule has 0 rings (SSSR count). The van der Waals surface area contributed by atoms with E-state index in [4.69, 9.17) is 10.9 Å². The first-order chi connectivity index (χ1) is 8.06. The second-order valence-corrected chi connectivity index (χ2v) is 3.97. The van der Waals surface area contributed by atoms with Gasteiger partial charge in [0.25, 0.3) is 0 Å². The highest BCUT2D eigenvalue weighted by Crippen LogP contribution is 1.95. The molecule has 100 valence electrons. The molecule has 1 atom stereocenters. The first-order valence-corrected chi connectivity index (χ1v) is 6.04. The molecule has 0 fully saturated rings. The van der Waals surface area contributed by atoms with E-state index < -0.39 is 5.92 Å². The summed E-state index contributed by atoms with van der Waals surface area (Å²) in [5.41, 5.74) is 5.35. The van der Waals surface area contributed by atoms with Crippen LogP contribution in [-0.2, 0) is 4.79 Å². The lowest BCUT2D eigenvalue weighted by molar-refractivity contribution is -0.122. The van der Waals surface area contributed by atoms with Gasteiger partial charge in [-0.05, 0) is 26.4 Å². The van der Waals surface area contributed by atoms with Crippen molar-refractivity contribution >= 4 is 11.7 Å². The Morgan fingerprint density at radius 2 is 2.12 bits per heavy atom. The van der Waals surface area contributed by atoms with Crippen LogP contribution in [-0.4, -0.2) is 48.0 Å². The lowest BCUT2D eigenvalue weighted by Gasteiger charge is -2.20. The van der Waals surface area contributed by atoms with Crippen LogP contribution in [0.5, 0.6) is 0 Å². The van der Waals surface area contributed by atoms with Gasteiger partial charge in [0.2, 0.25) is 5.91 Å². The summed E-state index contributed by atoms with van der Waals surface area (Å²) in [6.07, 6.45) is 1.10. The second kappa shape index (κ2) is 8.81. The average Bonchev–Trinajstić information content (AvgIpc) is 2.35. The van der Waals surface area contributed by atoms with Gasteiger partial charge >= 0.3 is 0 Å². The number of hydrogen-bond acceptors (Lipinski definition) is 4. The van der Waals surface area contributed by atoms with Gasteiger partial charge in [0.15, 0.2) is 5.84 Å². The van der Waals surface area contributed by atoms with E-state index in [1.54, 1.807) is 6.92 Å². The molecule has 0 aromatic carbocycles. The van der Waals surface area contributed by atoms with Crippen molar-refractivity contribution < 1.29 is 10.0 Å².